The Hall–Kier alpha value is -1.70. The van der Waals surface area contributed by atoms with Crippen molar-refractivity contribution in [2.24, 2.45) is 0 Å². The van der Waals surface area contributed by atoms with Crippen molar-refractivity contribution in [3.8, 4) is 0 Å². The van der Waals surface area contributed by atoms with Crippen molar-refractivity contribution >= 4 is 16.6 Å². The van der Waals surface area contributed by atoms with Gasteiger partial charge in [0.05, 0.1) is 0 Å². The smallest absolute Gasteiger partial charge is 0.178 e. The van der Waals surface area contributed by atoms with Crippen LogP contribution in [0.5, 0.6) is 0 Å². The maximum atomic E-state index is 11.5. The van der Waals surface area contributed by atoms with Gasteiger partial charge in [-0.1, -0.05) is 26.0 Å². The van der Waals surface area contributed by atoms with Gasteiger partial charge in [-0.05, 0) is 29.0 Å². The van der Waals surface area contributed by atoms with E-state index < -0.39 is 0 Å². The molecule has 0 aliphatic rings. The molecule has 0 saturated carbocycles. The average Bonchev–Trinajstić information content (AvgIpc) is 2.27. The normalized spacial score (nSPS) is 11.0. The molecule has 0 unspecified atom stereocenters. The molecule has 0 aliphatic carbocycles. The molecule has 0 radical (unpaired) electrons. The summed E-state index contributed by atoms with van der Waals surface area (Å²) in [6.45, 7) is 5.85. The standard InChI is InChI=1S/C14H15NO/c1-9(2)12-5-4-11-6-7-15-14(10(3)16)13(11)8-12/h4-9H,1-3H3. The Kier molecular flexibility index (Phi) is 2.73. The number of hydrogen-bond donors (Lipinski definition) is 0. The third kappa shape index (κ3) is 1.83. The molecule has 0 spiro atoms. The summed E-state index contributed by atoms with van der Waals surface area (Å²) in [4.78, 5) is 15.6. The van der Waals surface area contributed by atoms with Crippen LogP contribution < -0.4 is 0 Å². The fraction of sp³-hybridized carbons (Fsp3) is 0.286. The third-order valence-corrected chi connectivity index (χ3v) is 2.79. The van der Waals surface area contributed by atoms with E-state index in [-0.39, 0.29) is 5.78 Å². The van der Waals surface area contributed by atoms with Crippen molar-refractivity contribution in [3.63, 3.8) is 0 Å². The van der Waals surface area contributed by atoms with E-state index in [1.165, 1.54) is 5.56 Å². The number of rotatable bonds is 2. The van der Waals surface area contributed by atoms with E-state index in [1.54, 1.807) is 13.1 Å². The van der Waals surface area contributed by atoms with Crippen molar-refractivity contribution in [2.75, 3.05) is 0 Å². The minimum absolute atomic E-state index is 0.0199. The number of aromatic nitrogens is 1. The van der Waals surface area contributed by atoms with Gasteiger partial charge in [-0.15, -0.1) is 0 Å². The van der Waals surface area contributed by atoms with Crippen molar-refractivity contribution in [1.29, 1.82) is 0 Å². The van der Waals surface area contributed by atoms with Gasteiger partial charge < -0.3 is 0 Å². The topological polar surface area (TPSA) is 30.0 Å². The molecule has 1 aromatic carbocycles. The Labute approximate surface area is 95.3 Å². The van der Waals surface area contributed by atoms with E-state index in [2.05, 4.69) is 37.0 Å². The fourth-order valence-electron chi connectivity index (χ4n) is 1.83. The van der Waals surface area contributed by atoms with Crippen molar-refractivity contribution < 1.29 is 4.79 Å². The number of nitrogens with zero attached hydrogens (tertiary/aromatic N) is 1. The van der Waals surface area contributed by atoms with Crippen molar-refractivity contribution in [3.05, 3.63) is 41.7 Å². The van der Waals surface area contributed by atoms with E-state index in [4.69, 9.17) is 0 Å². The highest BCUT2D eigenvalue weighted by Gasteiger charge is 2.08. The Morgan fingerprint density at radius 3 is 2.62 bits per heavy atom. The Morgan fingerprint density at radius 1 is 1.25 bits per heavy atom. The second-order valence-corrected chi connectivity index (χ2v) is 4.35. The predicted octanol–water partition coefficient (Wildman–Crippen LogP) is 3.56. The lowest BCUT2D eigenvalue weighted by atomic mass is 9.98. The zero-order valence-electron chi connectivity index (χ0n) is 9.82. The van der Waals surface area contributed by atoms with Gasteiger partial charge in [0.1, 0.15) is 5.69 Å². The Balaban J connectivity index is 2.73. The fourth-order valence-corrected chi connectivity index (χ4v) is 1.83. The van der Waals surface area contributed by atoms with Crippen molar-refractivity contribution in [2.45, 2.75) is 26.7 Å². The van der Waals surface area contributed by atoms with Gasteiger partial charge in [0.25, 0.3) is 0 Å². The molecular formula is C14H15NO. The summed E-state index contributed by atoms with van der Waals surface area (Å²) in [6.07, 6.45) is 1.69. The molecular weight excluding hydrogens is 198 g/mol. The first-order chi connectivity index (χ1) is 7.59. The highest BCUT2D eigenvalue weighted by atomic mass is 16.1. The van der Waals surface area contributed by atoms with Gasteiger partial charge in [-0.25, -0.2) is 0 Å². The number of carbonyl (C=O) groups excluding carboxylic acids is 1. The first-order valence-electron chi connectivity index (χ1n) is 5.49. The van der Waals surface area contributed by atoms with Crippen LogP contribution in [0, 0.1) is 0 Å². The molecule has 1 aromatic heterocycles. The van der Waals surface area contributed by atoms with Crippen LogP contribution in [0.4, 0.5) is 0 Å². The lowest BCUT2D eigenvalue weighted by molar-refractivity contribution is 0.101. The molecule has 0 amide bonds. The van der Waals surface area contributed by atoms with Crippen LogP contribution in [0.1, 0.15) is 42.7 Å². The summed E-state index contributed by atoms with van der Waals surface area (Å²) in [5.41, 5.74) is 1.81. The lowest BCUT2D eigenvalue weighted by Gasteiger charge is -2.08. The van der Waals surface area contributed by atoms with Gasteiger partial charge in [0, 0.05) is 18.5 Å². The number of carbonyl (C=O) groups is 1. The maximum absolute atomic E-state index is 11.5. The minimum atomic E-state index is 0.0199. The minimum Gasteiger partial charge on any atom is -0.293 e. The van der Waals surface area contributed by atoms with E-state index in [9.17, 15) is 4.79 Å². The highest BCUT2D eigenvalue weighted by Crippen LogP contribution is 2.23. The Morgan fingerprint density at radius 2 is 2.00 bits per heavy atom. The quantitative estimate of drug-likeness (QED) is 0.714. The van der Waals surface area contributed by atoms with E-state index in [1.807, 2.05) is 6.07 Å². The van der Waals surface area contributed by atoms with Crippen LogP contribution in [-0.4, -0.2) is 10.8 Å². The maximum Gasteiger partial charge on any atom is 0.178 e. The number of fused-ring (bicyclic) bond motifs is 1. The molecule has 0 bridgehead atoms. The summed E-state index contributed by atoms with van der Waals surface area (Å²) >= 11 is 0. The number of ketones is 1. The average molecular weight is 213 g/mol. The first kappa shape index (κ1) is 10.8. The summed E-state index contributed by atoms with van der Waals surface area (Å²) in [7, 11) is 0. The van der Waals surface area contributed by atoms with Gasteiger partial charge >= 0.3 is 0 Å². The molecule has 2 nitrogen and oxygen atoms in total. The van der Waals surface area contributed by atoms with E-state index in [0.717, 1.165) is 10.8 Å². The van der Waals surface area contributed by atoms with Gasteiger partial charge in [0.2, 0.25) is 0 Å². The van der Waals surface area contributed by atoms with Crippen LogP contribution in [0.2, 0.25) is 0 Å². The first-order valence-corrected chi connectivity index (χ1v) is 5.49. The second kappa shape index (κ2) is 4.05. The number of Topliss-reactive ketones (excluding diaryl/α,β-unsaturated/α-hetero) is 1. The number of benzene rings is 1. The molecule has 16 heavy (non-hydrogen) atoms. The molecule has 2 rings (SSSR count). The zero-order chi connectivity index (χ0) is 11.7. The lowest BCUT2D eigenvalue weighted by Crippen LogP contribution is -1.98. The molecule has 2 aromatic rings. The SMILES string of the molecule is CC(=O)c1nccc2ccc(C(C)C)cc12. The largest absolute Gasteiger partial charge is 0.293 e. The zero-order valence-corrected chi connectivity index (χ0v) is 9.82. The van der Waals surface area contributed by atoms with Crippen LogP contribution >= 0.6 is 0 Å². The summed E-state index contributed by atoms with van der Waals surface area (Å²) < 4.78 is 0. The van der Waals surface area contributed by atoms with E-state index in [0.29, 0.717) is 11.6 Å². The molecule has 0 aliphatic heterocycles. The summed E-state index contributed by atoms with van der Waals surface area (Å²) in [5.74, 6) is 0.482. The molecule has 0 saturated heterocycles. The van der Waals surface area contributed by atoms with E-state index >= 15 is 0 Å². The van der Waals surface area contributed by atoms with Crippen LogP contribution in [-0.2, 0) is 0 Å². The van der Waals surface area contributed by atoms with Crippen LogP contribution in [0.3, 0.4) is 0 Å². The summed E-state index contributed by atoms with van der Waals surface area (Å²) in [5, 5.41) is 2.03. The third-order valence-electron chi connectivity index (χ3n) is 2.79. The summed E-state index contributed by atoms with van der Waals surface area (Å²) in [6, 6.07) is 8.17. The number of pyridine rings is 1. The van der Waals surface area contributed by atoms with Crippen LogP contribution in [0.25, 0.3) is 10.8 Å². The van der Waals surface area contributed by atoms with Crippen LogP contribution in [0.15, 0.2) is 30.5 Å². The van der Waals surface area contributed by atoms with Gasteiger partial charge in [-0.3, -0.25) is 9.78 Å². The molecule has 0 fully saturated rings. The molecule has 0 N–H and O–H groups in total. The Bertz CT molecular complexity index is 543. The van der Waals surface area contributed by atoms with Gasteiger partial charge in [0.15, 0.2) is 5.78 Å². The number of hydrogen-bond acceptors (Lipinski definition) is 2. The highest BCUT2D eigenvalue weighted by molar-refractivity contribution is 6.05. The molecule has 82 valence electrons. The predicted molar refractivity (Wildman–Crippen MR) is 65.8 cm³/mol. The molecule has 2 heteroatoms. The van der Waals surface area contributed by atoms with Gasteiger partial charge in [-0.2, -0.15) is 0 Å². The molecule has 1 heterocycles. The second-order valence-electron chi connectivity index (χ2n) is 4.35. The molecule has 0 atom stereocenters. The van der Waals surface area contributed by atoms with Crippen molar-refractivity contribution in [1.82, 2.24) is 4.98 Å². The monoisotopic (exact) mass is 213 g/mol.